The molecule has 1 aromatic rings. The molecule has 3 heteroatoms. The van der Waals surface area contributed by atoms with Gasteiger partial charge in [0.1, 0.15) is 7.05 Å². The summed E-state index contributed by atoms with van der Waals surface area (Å²) in [4.78, 5) is 0. The summed E-state index contributed by atoms with van der Waals surface area (Å²) in [5.74, 6) is 0.762. The topological polar surface area (TPSA) is 24.1 Å². The lowest BCUT2D eigenvalue weighted by Crippen LogP contribution is -2.29. The van der Waals surface area contributed by atoms with E-state index < -0.39 is 0 Å². The third-order valence-electron chi connectivity index (χ3n) is 1.35. The summed E-state index contributed by atoms with van der Waals surface area (Å²) in [6, 6.07) is 6.03. The van der Waals surface area contributed by atoms with Crippen molar-refractivity contribution in [1.29, 1.82) is 0 Å². The van der Waals surface area contributed by atoms with Crippen molar-refractivity contribution in [3.63, 3.8) is 0 Å². The number of aliphatic hydroxyl groups excluding tert-OH is 1. The van der Waals surface area contributed by atoms with E-state index in [0.717, 1.165) is 5.75 Å². The molecule has 0 bridgehead atoms. The fraction of sp³-hybridized carbons (Fsp3) is 0.375. The van der Waals surface area contributed by atoms with Gasteiger partial charge in [-0.25, -0.2) is 0 Å². The van der Waals surface area contributed by atoms with E-state index in [-0.39, 0.29) is 6.61 Å². The molecule has 0 atom stereocenters. The summed E-state index contributed by atoms with van der Waals surface area (Å²) in [5.41, 5.74) is 0. The van der Waals surface area contributed by atoms with Crippen LogP contribution in [0, 0.1) is 0 Å². The Morgan fingerprint density at radius 1 is 1.55 bits per heavy atom. The van der Waals surface area contributed by atoms with E-state index in [2.05, 4.69) is 0 Å². The number of hydrogen-bond donors (Lipinski definition) is 1. The van der Waals surface area contributed by atoms with Crippen molar-refractivity contribution < 1.29 is 9.67 Å². The van der Waals surface area contributed by atoms with Crippen LogP contribution in [-0.2, 0) is 7.05 Å². The highest BCUT2D eigenvalue weighted by Crippen LogP contribution is 2.10. The van der Waals surface area contributed by atoms with E-state index in [1.165, 1.54) is 5.03 Å². The molecule has 0 radical (unpaired) electrons. The molecule has 1 rings (SSSR count). The minimum Gasteiger partial charge on any atom is -0.396 e. The lowest BCUT2D eigenvalue weighted by atomic mass is 10.5. The number of rotatable bonds is 3. The van der Waals surface area contributed by atoms with Gasteiger partial charge in [0.15, 0.2) is 6.20 Å². The van der Waals surface area contributed by atoms with Crippen LogP contribution < -0.4 is 4.57 Å². The summed E-state index contributed by atoms with van der Waals surface area (Å²) >= 11 is 1.66. The molecule has 0 aliphatic rings. The molecule has 60 valence electrons. The van der Waals surface area contributed by atoms with Crippen LogP contribution in [-0.4, -0.2) is 17.5 Å². The number of aliphatic hydroxyl groups is 1. The SMILES string of the molecule is C[n+]1ccccc1SCCO. The molecule has 0 unspecified atom stereocenters. The van der Waals surface area contributed by atoms with E-state index in [1.807, 2.05) is 36.0 Å². The van der Waals surface area contributed by atoms with E-state index >= 15 is 0 Å². The monoisotopic (exact) mass is 170 g/mol. The average Bonchev–Trinajstić information content (AvgIpc) is 2.03. The van der Waals surface area contributed by atoms with Crippen molar-refractivity contribution in [3.8, 4) is 0 Å². The number of aryl methyl sites for hydroxylation is 1. The molecule has 0 aliphatic carbocycles. The van der Waals surface area contributed by atoms with Crippen molar-refractivity contribution in [2.45, 2.75) is 5.03 Å². The van der Waals surface area contributed by atoms with E-state index in [4.69, 9.17) is 5.11 Å². The summed E-state index contributed by atoms with van der Waals surface area (Å²) in [6.45, 7) is 0.236. The van der Waals surface area contributed by atoms with Gasteiger partial charge in [0, 0.05) is 17.9 Å². The Morgan fingerprint density at radius 2 is 2.36 bits per heavy atom. The van der Waals surface area contributed by atoms with Gasteiger partial charge < -0.3 is 5.11 Å². The maximum absolute atomic E-state index is 8.59. The highest BCUT2D eigenvalue weighted by molar-refractivity contribution is 7.99. The highest BCUT2D eigenvalue weighted by Gasteiger charge is 2.02. The number of hydrogen-bond acceptors (Lipinski definition) is 2. The standard InChI is InChI=1S/C8H12NOS/c1-9-5-3-2-4-8(9)11-7-6-10/h2-5,10H,6-7H2,1H3/q+1. The normalized spacial score (nSPS) is 10.0. The van der Waals surface area contributed by atoms with Crippen molar-refractivity contribution >= 4 is 11.8 Å². The van der Waals surface area contributed by atoms with Crippen LogP contribution >= 0.6 is 11.8 Å². The third-order valence-corrected chi connectivity index (χ3v) is 2.45. The summed E-state index contributed by atoms with van der Waals surface area (Å²) < 4.78 is 2.04. The Kier molecular flexibility index (Phi) is 3.39. The fourth-order valence-corrected chi connectivity index (χ4v) is 1.55. The zero-order valence-corrected chi connectivity index (χ0v) is 7.34. The van der Waals surface area contributed by atoms with Crippen molar-refractivity contribution in [3.05, 3.63) is 24.4 Å². The first-order valence-electron chi connectivity index (χ1n) is 3.53. The van der Waals surface area contributed by atoms with Gasteiger partial charge >= 0.3 is 0 Å². The molecule has 11 heavy (non-hydrogen) atoms. The largest absolute Gasteiger partial charge is 0.396 e. The molecule has 0 saturated heterocycles. The van der Waals surface area contributed by atoms with Crippen molar-refractivity contribution in [2.75, 3.05) is 12.4 Å². The first kappa shape index (κ1) is 8.56. The second kappa shape index (κ2) is 4.36. The van der Waals surface area contributed by atoms with Gasteiger partial charge in [0.05, 0.1) is 6.61 Å². The van der Waals surface area contributed by atoms with Gasteiger partial charge in [-0.3, -0.25) is 0 Å². The van der Waals surface area contributed by atoms with Crippen LogP contribution in [0.25, 0.3) is 0 Å². The average molecular weight is 170 g/mol. The molecule has 0 fully saturated rings. The summed E-state index contributed by atoms with van der Waals surface area (Å²) in [6.07, 6.45) is 2.00. The third kappa shape index (κ3) is 2.52. The Labute approximate surface area is 70.9 Å². The Morgan fingerprint density at radius 3 is 3.00 bits per heavy atom. The van der Waals surface area contributed by atoms with E-state index in [1.54, 1.807) is 11.8 Å². The lowest BCUT2D eigenvalue weighted by molar-refractivity contribution is -0.708. The van der Waals surface area contributed by atoms with Crippen LogP contribution in [0.1, 0.15) is 0 Å². The molecule has 1 heterocycles. The summed E-state index contributed by atoms with van der Waals surface area (Å²) in [5, 5.41) is 9.77. The molecule has 2 nitrogen and oxygen atoms in total. The van der Waals surface area contributed by atoms with Gasteiger partial charge in [-0.1, -0.05) is 11.8 Å². The van der Waals surface area contributed by atoms with Crippen LogP contribution in [0.3, 0.4) is 0 Å². The predicted molar refractivity (Wildman–Crippen MR) is 45.4 cm³/mol. The first-order chi connectivity index (χ1) is 5.34. The predicted octanol–water partition coefficient (Wildman–Crippen LogP) is 0.595. The highest BCUT2D eigenvalue weighted by atomic mass is 32.2. The maximum atomic E-state index is 8.59. The molecule has 0 aliphatic heterocycles. The molecular weight excluding hydrogens is 158 g/mol. The molecule has 1 aromatic heterocycles. The fourth-order valence-electron chi connectivity index (χ4n) is 0.808. The van der Waals surface area contributed by atoms with Gasteiger partial charge in [0.25, 0.3) is 0 Å². The van der Waals surface area contributed by atoms with Crippen LogP contribution in [0.15, 0.2) is 29.4 Å². The molecule has 1 N–H and O–H groups in total. The summed E-state index contributed by atoms with van der Waals surface area (Å²) in [7, 11) is 2.00. The van der Waals surface area contributed by atoms with Crippen molar-refractivity contribution in [1.82, 2.24) is 0 Å². The van der Waals surface area contributed by atoms with Gasteiger partial charge in [-0.2, -0.15) is 4.57 Å². The Bertz CT molecular complexity index is 227. The number of aromatic nitrogens is 1. The molecule has 0 saturated carbocycles. The van der Waals surface area contributed by atoms with Gasteiger partial charge in [0.2, 0.25) is 5.03 Å². The van der Waals surface area contributed by atoms with Crippen LogP contribution in [0.4, 0.5) is 0 Å². The minimum absolute atomic E-state index is 0.236. The second-order valence-electron chi connectivity index (χ2n) is 2.22. The number of pyridine rings is 1. The molecular formula is C8H12NOS+. The van der Waals surface area contributed by atoms with E-state index in [0.29, 0.717) is 0 Å². The zero-order chi connectivity index (χ0) is 8.10. The van der Waals surface area contributed by atoms with E-state index in [9.17, 15) is 0 Å². The van der Waals surface area contributed by atoms with Crippen LogP contribution in [0.5, 0.6) is 0 Å². The molecule has 0 spiro atoms. The van der Waals surface area contributed by atoms with Crippen molar-refractivity contribution in [2.24, 2.45) is 7.05 Å². The first-order valence-corrected chi connectivity index (χ1v) is 4.51. The van der Waals surface area contributed by atoms with Gasteiger partial charge in [-0.15, -0.1) is 0 Å². The number of nitrogens with zero attached hydrogens (tertiary/aromatic N) is 1. The Hall–Kier alpha value is -0.540. The van der Waals surface area contributed by atoms with Gasteiger partial charge in [-0.05, 0) is 6.07 Å². The zero-order valence-electron chi connectivity index (χ0n) is 6.53. The molecule has 0 aromatic carbocycles. The Balaban J connectivity index is 2.62. The maximum Gasteiger partial charge on any atom is 0.239 e. The minimum atomic E-state index is 0.236. The number of thioether (sulfide) groups is 1. The molecule has 0 amide bonds. The second-order valence-corrected chi connectivity index (χ2v) is 3.34. The lowest BCUT2D eigenvalue weighted by Gasteiger charge is -1.95. The quantitative estimate of drug-likeness (QED) is 0.530. The smallest absolute Gasteiger partial charge is 0.239 e. The van der Waals surface area contributed by atoms with Crippen LogP contribution in [0.2, 0.25) is 0 Å².